The number of ether oxygens (including phenoxy) is 1. The second-order valence-corrected chi connectivity index (χ2v) is 5.31. The van der Waals surface area contributed by atoms with Crippen LogP contribution in [0.25, 0.3) is 0 Å². The molecular formula is C13H27NO. The fourth-order valence-corrected chi connectivity index (χ4v) is 2.96. The SMILES string of the molecule is CCNC(C(C)C)C1C(C)OC(C)C1C. The lowest BCUT2D eigenvalue weighted by atomic mass is 9.79. The monoisotopic (exact) mass is 213 g/mol. The van der Waals surface area contributed by atoms with E-state index in [2.05, 4.69) is 46.9 Å². The van der Waals surface area contributed by atoms with E-state index in [0.29, 0.717) is 36.0 Å². The Balaban J connectivity index is 2.73. The lowest BCUT2D eigenvalue weighted by Crippen LogP contribution is -2.45. The molecule has 1 heterocycles. The minimum atomic E-state index is 0.390. The van der Waals surface area contributed by atoms with Crippen molar-refractivity contribution >= 4 is 0 Å². The van der Waals surface area contributed by atoms with Gasteiger partial charge >= 0.3 is 0 Å². The van der Waals surface area contributed by atoms with Crippen molar-refractivity contribution in [3.05, 3.63) is 0 Å². The third-order valence-electron chi connectivity index (χ3n) is 3.89. The normalized spacial score (nSPS) is 38.6. The maximum atomic E-state index is 5.92. The van der Waals surface area contributed by atoms with Crippen molar-refractivity contribution in [1.82, 2.24) is 5.32 Å². The van der Waals surface area contributed by atoms with E-state index in [1.54, 1.807) is 0 Å². The first kappa shape index (κ1) is 13.0. The minimum Gasteiger partial charge on any atom is -0.375 e. The van der Waals surface area contributed by atoms with Crippen molar-refractivity contribution in [3.63, 3.8) is 0 Å². The van der Waals surface area contributed by atoms with Gasteiger partial charge in [-0.05, 0) is 32.2 Å². The molecule has 1 aliphatic rings. The van der Waals surface area contributed by atoms with Gasteiger partial charge in [-0.15, -0.1) is 0 Å². The maximum absolute atomic E-state index is 5.92. The standard InChI is InChI=1S/C13H27NO/c1-7-14-13(8(2)3)12-9(4)10(5)15-11(12)6/h8-14H,7H2,1-6H3. The van der Waals surface area contributed by atoms with Gasteiger partial charge in [-0.2, -0.15) is 0 Å². The summed E-state index contributed by atoms with van der Waals surface area (Å²) in [5.41, 5.74) is 0. The Hall–Kier alpha value is -0.0800. The Labute approximate surface area is 94.8 Å². The quantitative estimate of drug-likeness (QED) is 0.775. The van der Waals surface area contributed by atoms with Crippen LogP contribution in [0.3, 0.4) is 0 Å². The number of hydrogen-bond donors (Lipinski definition) is 1. The van der Waals surface area contributed by atoms with Gasteiger partial charge in [0.15, 0.2) is 0 Å². The van der Waals surface area contributed by atoms with Crippen LogP contribution in [-0.2, 0) is 4.74 Å². The molecule has 1 N–H and O–H groups in total. The van der Waals surface area contributed by atoms with Crippen LogP contribution in [0.4, 0.5) is 0 Å². The molecule has 0 spiro atoms. The summed E-state index contributed by atoms with van der Waals surface area (Å²) in [4.78, 5) is 0. The van der Waals surface area contributed by atoms with Crippen molar-refractivity contribution in [3.8, 4) is 0 Å². The van der Waals surface area contributed by atoms with Crippen LogP contribution in [0.5, 0.6) is 0 Å². The average Bonchev–Trinajstić information content (AvgIpc) is 2.38. The molecule has 0 aromatic rings. The molecule has 0 amide bonds. The second-order valence-electron chi connectivity index (χ2n) is 5.31. The first-order valence-corrected chi connectivity index (χ1v) is 6.37. The summed E-state index contributed by atoms with van der Waals surface area (Å²) in [6.07, 6.45) is 0.798. The lowest BCUT2D eigenvalue weighted by Gasteiger charge is -2.32. The largest absolute Gasteiger partial charge is 0.375 e. The van der Waals surface area contributed by atoms with E-state index in [-0.39, 0.29) is 0 Å². The van der Waals surface area contributed by atoms with Crippen molar-refractivity contribution in [2.45, 2.75) is 59.8 Å². The number of rotatable bonds is 4. The van der Waals surface area contributed by atoms with E-state index in [1.165, 1.54) is 0 Å². The molecule has 2 heteroatoms. The molecular weight excluding hydrogens is 186 g/mol. The summed E-state index contributed by atoms with van der Waals surface area (Å²) in [6.45, 7) is 14.6. The molecule has 0 bridgehead atoms. The predicted octanol–water partition coefficient (Wildman–Crippen LogP) is 2.68. The molecule has 0 aromatic heterocycles. The Kier molecular flexibility index (Phi) is 4.60. The summed E-state index contributed by atoms with van der Waals surface area (Å²) in [5.74, 6) is 1.99. The third-order valence-corrected chi connectivity index (χ3v) is 3.89. The van der Waals surface area contributed by atoms with Crippen LogP contribution in [0.15, 0.2) is 0 Å². The van der Waals surface area contributed by atoms with Crippen molar-refractivity contribution in [2.75, 3.05) is 6.54 Å². The fourth-order valence-electron chi connectivity index (χ4n) is 2.96. The maximum Gasteiger partial charge on any atom is 0.0597 e. The van der Waals surface area contributed by atoms with Gasteiger partial charge in [-0.25, -0.2) is 0 Å². The van der Waals surface area contributed by atoms with E-state index in [4.69, 9.17) is 4.74 Å². The van der Waals surface area contributed by atoms with Crippen LogP contribution in [0.2, 0.25) is 0 Å². The second kappa shape index (κ2) is 5.31. The zero-order valence-electron chi connectivity index (χ0n) is 11.1. The third kappa shape index (κ3) is 2.73. The van der Waals surface area contributed by atoms with Gasteiger partial charge in [0.25, 0.3) is 0 Å². The summed E-state index contributed by atoms with van der Waals surface area (Å²) in [6, 6.07) is 0.588. The van der Waals surface area contributed by atoms with Crippen LogP contribution in [0, 0.1) is 17.8 Å². The van der Waals surface area contributed by atoms with Gasteiger partial charge in [0.1, 0.15) is 0 Å². The Morgan fingerprint density at radius 3 is 2.07 bits per heavy atom. The van der Waals surface area contributed by atoms with Crippen LogP contribution in [-0.4, -0.2) is 24.8 Å². The molecule has 1 fully saturated rings. The summed E-state index contributed by atoms with van der Waals surface area (Å²) in [5, 5.41) is 3.63. The van der Waals surface area contributed by atoms with Gasteiger partial charge in [0.05, 0.1) is 12.2 Å². The van der Waals surface area contributed by atoms with Crippen molar-refractivity contribution in [1.29, 1.82) is 0 Å². The zero-order valence-corrected chi connectivity index (χ0v) is 11.1. The molecule has 0 radical (unpaired) electrons. The zero-order chi connectivity index (χ0) is 11.6. The Bertz CT molecular complexity index is 193. The number of nitrogens with one attached hydrogen (secondary N) is 1. The van der Waals surface area contributed by atoms with Gasteiger partial charge in [0.2, 0.25) is 0 Å². The van der Waals surface area contributed by atoms with Crippen molar-refractivity contribution < 1.29 is 4.74 Å². The van der Waals surface area contributed by atoms with E-state index in [1.807, 2.05) is 0 Å². The highest BCUT2D eigenvalue weighted by atomic mass is 16.5. The van der Waals surface area contributed by atoms with Crippen LogP contribution >= 0.6 is 0 Å². The smallest absolute Gasteiger partial charge is 0.0597 e. The van der Waals surface area contributed by atoms with Crippen LogP contribution < -0.4 is 5.32 Å². The van der Waals surface area contributed by atoms with E-state index in [0.717, 1.165) is 6.54 Å². The highest BCUT2D eigenvalue weighted by molar-refractivity contribution is 4.92. The van der Waals surface area contributed by atoms with E-state index >= 15 is 0 Å². The Morgan fingerprint density at radius 1 is 1.13 bits per heavy atom. The summed E-state index contributed by atoms with van der Waals surface area (Å²) >= 11 is 0. The van der Waals surface area contributed by atoms with Crippen LogP contribution in [0.1, 0.15) is 41.5 Å². The molecule has 0 saturated carbocycles. The first-order valence-electron chi connectivity index (χ1n) is 6.37. The highest BCUT2D eigenvalue weighted by Crippen LogP contribution is 2.36. The van der Waals surface area contributed by atoms with Gasteiger partial charge in [0, 0.05) is 12.0 Å². The molecule has 5 unspecified atom stereocenters. The summed E-state index contributed by atoms with van der Waals surface area (Å²) in [7, 11) is 0. The molecule has 90 valence electrons. The summed E-state index contributed by atoms with van der Waals surface area (Å²) < 4.78 is 5.92. The van der Waals surface area contributed by atoms with Gasteiger partial charge in [-0.3, -0.25) is 0 Å². The molecule has 15 heavy (non-hydrogen) atoms. The lowest BCUT2D eigenvalue weighted by molar-refractivity contribution is 0.0454. The Morgan fingerprint density at radius 2 is 1.73 bits per heavy atom. The molecule has 5 atom stereocenters. The topological polar surface area (TPSA) is 21.3 Å². The molecule has 1 aliphatic heterocycles. The van der Waals surface area contributed by atoms with Gasteiger partial charge < -0.3 is 10.1 Å². The molecule has 0 aliphatic carbocycles. The fraction of sp³-hybridized carbons (Fsp3) is 1.00. The molecule has 0 aromatic carbocycles. The predicted molar refractivity (Wildman–Crippen MR) is 65.0 cm³/mol. The molecule has 2 nitrogen and oxygen atoms in total. The highest BCUT2D eigenvalue weighted by Gasteiger charge is 2.42. The van der Waals surface area contributed by atoms with E-state index < -0.39 is 0 Å². The van der Waals surface area contributed by atoms with Gasteiger partial charge in [-0.1, -0.05) is 27.7 Å². The molecule has 1 saturated heterocycles. The van der Waals surface area contributed by atoms with Crippen molar-refractivity contribution in [2.24, 2.45) is 17.8 Å². The average molecular weight is 213 g/mol. The van der Waals surface area contributed by atoms with E-state index in [9.17, 15) is 0 Å². The first-order chi connectivity index (χ1) is 6.99. The number of hydrogen-bond acceptors (Lipinski definition) is 2. The minimum absolute atomic E-state index is 0.390. The molecule has 1 rings (SSSR count).